The van der Waals surface area contributed by atoms with E-state index in [9.17, 15) is 47.9 Å². The summed E-state index contributed by atoms with van der Waals surface area (Å²) in [6, 6.07) is -5.80. The molecule has 0 aromatic rings. The number of hydrogen-bond acceptors (Lipinski definition) is 10. The van der Waals surface area contributed by atoms with Gasteiger partial charge in [-0.25, -0.2) is 0 Å². The zero-order chi connectivity index (χ0) is 49.2. The number of likely N-dealkylation sites (N-methyl/N-ethyl adjacent to an activating group) is 4. The molecule has 0 spiro atoms. The average Bonchev–Trinajstić information content (AvgIpc) is 3.92. The van der Waals surface area contributed by atoms with Gasteiger partial charge in [-0.2, -0.15) is 0 Å². The second-order valence-electron chi connectivity index (χ2n) is 20.2. The largest absolute Gasteiger partial charge is 0.343 e. The van der Waals surface area contributed by atoms with E-state index in [4.69, 9.17) is 0 Å². The third kappa shape index (κ3) is 14.5. The molecule has 8 amide bonds. The Hall–Kier alpha value is -4.90. The Bertz CT molecular complexity index is 1790. The molecular weight excluding hydrogens is 837 g/mol. The van der Waals surface area contributed by atoms with Crippen molar-refractivity contribution in [3.8, 4) is 0 Å². The van der Waals surface area contributed by atoms with Crippen LogP contribution in [-0.4, -0.2) is 179 Å². The average molecular weight is 915 g/mol. The summed E-state index contributed by atoms with van der Waals surface area (Å²) in [4.78, 5) is 147. The van der Waals surface area contributed by atoms with Crippen molar-refractivity contribution in [2.75, 3.05) is 54.4 Å². The summed E-state index contributed by atoms with van der Waals surface area (Å²) in [5.74, 6) is -6.44. The van der Waals surface area contributed by atoms with Crippen molar-refractivity contribution in [2.45, 2.75) is 156 Å². The molecule has 3 saturated heterocycles. The summed E-state index contributed by atoms with van der Waals surface area (Å²) in [5, 5.41) is 5.51. The number of fused-ring (bicyclic) bond motifs is 2. The molecule has 0 saturated carbocycles. The van der Waals surface area contributed by atoms with E-state index in [0.29, 0.717) is 32.1 Å². The zero-order valence-corrected chi connectivity index (χ0v) is 41.3. The van der Waals surface area contributed by atoms with Crippen molar-refractivity contribution in [1.29, 1.82) is 0 Å². The second kappa shape index (κ2) is 24.0. The Balaban J connectivity index is 2.01. The minimum absolute atomic E-state index is 0.00841. The van der Waals surface area contributed by atoms with Gasteiger partial charge in [-0.1, -0.05) is 55.4 Å². The maximum absolute atomic E-state index is 14.3. The molecule has 3 rings (SSSR count). The molecule has 2 N–H and O–H groups in total. The molecule has 0 radical (unpaired) electrons. The highest BCUT2D eigenvalue weighted by Gasteiger charge is 2.43. The third-order valence-electron chi connectivity index (χ3n) is 12.8. The first-order valence-corrected chi connectivity index (χ1v) is 23.5. The lowest BCUT2D eigenvalue weighted by Gasteiger charge is -2.35. The Morgan fingerprint density at radius 2 is 0.985 bits per heavy atom. The monoisotopic (exact) mass is 915 g/mol. The third-order valence-corrected chi connectivity index (χ3v) is 12.8. The Morgan fingerprint density at radius 3 is 1.51 bits per heavy atom. The molecule has 18 heteroatoms. The SMILES string of the molecule is CC(C)C[C@@H]1NC(=O)CN(C)C(=O)[C@H](C)NC(=O)[C@H](CC(C)C)N(C)C(=O)[C@H]2CCCN2C(=O)[C@H](C)CC(=O)CN(C)C(=O)[C@H](C)CC(=O)[C@H](CC(C)C)N(C)C(=O)[C@H]2CCCN2C1=O. The molecule has 18 nitrogen and oxygen atoms in total. The Kier molecular flexibility index (Phi) is 20.1. The molecule has 0 bridgehead atoms. The topological polar surface area (TPSA) is 214 Å². The molecule has 65 heavy (non-hydrogen) atoms. The van der Waals surface area contributed by atoms with Crippen molar-refractivity contribution in [3.63, 3.8) is 0 Å². The molecule has 0 aliphatic carbocycles. The van der Waals surface area contributed by atoms with Crippen molar-refractivity contribution >= 4 is 58.8 Å². The molecule has 366 valence electrons. The van der Waals surface area contributed by atoms with Gasteiger partial charge in [-0.05, 0) is 69.6 Å². The first kappa shape index (κ1) is 54.4. The summed E-state index contributed by atoms with van der Waals surface area (Å²) in [6.07, 6.45) is 2.16. The summed E-state index contributed by atoms with van der Waals surface area (Å²) in [7, 11) is 5.89. The van der Waals surface area contributed by atoms with E-state index in [0.717, 1.165) is 4.90 Å². The van der Waals surface area contributed by atoms with Crippen LogP contribution in [0.25, 0.3) is 0 Å². The predicted molar refractivity (Wildman–Crippen MR) is 243 cm³/mol. The van der Waals surface area contributed by atoms with Crippen molar-refractivity contribution in [2.24, 2.45) is 29.6 Å². The maximum atomic E-state index is 14.3. The first-order chi connectivity index (χ1) is 30.3. The van der Waals surface area contributed by atoms with Crippen LogP contribution in [-0.2, 0) is 47.9 Å². The second-order valence-corrected chi connectivity index (χ2v) is 20.2. The summed E-state index contributed by atoms with van der Waals surface area (Å²) in [5.41, 5.74) is 0. The van der Waals surface area contributed by atoms with Gasteiger partial charge in [0.25, 0.3) is 0 Å². The molecular formula is C47H78N8O10. The lowest BCUT2D eigenvalue weighted by atomic mass is 9.92. The molecule has 3 fully saturated rings. The van der Waals surface area contributed by atoms with Crippen LogP contribution >= 0.6 is 0 Å². The fourth-order valence-corrected chi connectivity index (χ4v) is 9.34. The Morgan fingerprint density at radius 1 is 0.523 bits per heavy atom. The first-order valence-electron chi connectivity index (χ1n) is 23.5. The van der Waals surface area contributed by atoms with E-state index in [1.54, 1.807) is 13.8 Å². The van der Waals surface area contributed by atoms with E-state index < -0.39 is 102 Å². The van der Waals surface area contributed by atoms with Crippen LogP contribution in [0, 0.1) is 29.6 Å². The highest BCUT2D eigenvalue weighted by molar-refractivity contribution is 5.98. The highest BCUT2D eigenvalue weighted by Crippen LogP contribution is 2.27. The summed E-state index contributed by atoms with van der Waals surface area (Å²) < 4.78 is 0. The predicted octanol–water partition coefficient (Wildman–Crippen LogP) is 1.87. The Labute approximate surface area is 386 Å². The fourth-order valence-electron chi connectivity index (χ4n) is 9.34. The maximum Gasteiger partial charge on any atom is 0.245 e. The molecule has 3 aliphatic heterocycles. The van der Waals surface area contributed by atoms with Gasteiger partial charge in [0.2, 0.25) is 47.3 Å². The van der Waals surface area contributed by atoms with Gasteiger partial charge in [0, 0.05) is 66.0 Å². The number of hydrogen-bond donors (Lipinski definition) is 2. The van der Waals surface area contributed by atoms with E-state index in [-0.39, 0.29) is 74.6 Å². The molecule has 0 aromatic heterocycles. The standard InChI is InChI=1S/C47H78N8O10/c1-27(2)20-34-45(63)55-19-15-17-36(55)46(64)52(12)37(21-28(3)4)39(57)24-31(8)42(60)50(10)25-33(56)23-30(7)43(61)54-18-14-16-35(54)47(65)53(13)38(22-29(5)6)41(59)48-32(9)44(62)51(11)26-40(58)49-34/h27-32,34-38H,14-26H2,1-13H3,(H,48,59)(H,49,58)/t30-,31-,32+,34+,35-,36-,37+,38+/m1/s1. The number of rotatable bonds is 6. The quantitative estimate of drug-likeness (QED) is 0.395. The lowest BCUT2D eigenvalue weighted by Crippen LogP contribution is -2.58. The number of ketones is 2. The molecule has 3 aliphatic rings. The van der Waals surface area contributed by atoms with Gasteiger partial charge in [0.15, 0.2) is 11.6 Å². The van der Waals surface area contributed by atoms with Gasteiger partial charge in [0.05, 0.1) is 19.1 Å². The van der Waals surface area contributed by atoms with Gasteiger partial charge in [-0.3, -0.25) is 47.9 Å². The normalized spacial score (nSPS) is 29.0. The number of nitrogens with one attached hydrogen (secondary N) is 2. The van der Waals surface area contributed by atoms with Crippen LogP contribution in [0.15, 0.2) is 0 Å². The van der Waals surface area contributed by atoms with E-state index in [1.807, 2.05) is 41.5 Å². The summed E-state index contributed by atoms with van der Waals surface area (Å²) in [6.45, 7) is 15.9. The fraction of sp³-hybridized carbons (Fsp3) is 0.787. The molecule has 3 heterocycles. The van der Waals surface area contributed by atoms with Crippen molar-refractivity contribution in [1.82, 2.24) is 40.0 Å². The van der Waals surface area contributed by atoms with Crippen LogP contribution in [0.3, 0.4) is 0 Å². The van der Waals surface area contributed by atoms with Crippen LogP contribution in [0.4, 0.5) is 0 Å². The van der Waals surface area contributed by atoms with Crippen molar-refractivity contribution in [3.05, 3.63) is 0 Å². The molecule has 8 atom stereocenters. The highest BCUT2D eigenvalue weighted by atomic mass is 16.2. The van der Waals surface area contributed by atoms with Crippen LogP contribution in [0.5, 0.6) is 0 Å². The van der Waals surface area contributed by atoms with E-state index in [2.05, 4.69) is 10.6 Å². The van der Waals surface area contributed by atoms with Crippen molar-refractivity contribution < 1.29 is 47.9 Å². The minimum Gasteiger partial charge on any atom is -0.343 e. The number of amides is 8. The number of Topliss-reactive ketones (excluding diaryl/α,β-unsaturated/α-hetero) is 2. The van der Waals surface area contributed by atoms with E-state index in [1.165, 1.54) is 59.6 Å². The smallest absolute Gasteiger partial charge is 0.245 e. The summed E-state index contributed by atoms with van der Waals surface area (Å²) >= 11 is 0. The van der Waals surface area contributed by atoms with Crippen LogP contribution in [0.2, 0.25) is 0 Å². The number of carbonyl (C=O) groups excluding carboxylic acids is 10. The number of nitrogens with zero attached hydrogens (tertiary/aromatic N) is 6. The number of carbonyl (C=O) groups is 10. The molecule has 0 unspecified atom stereocenters. The van der Waals surface area contributed by atoms with Gasteiger partial charge < -0.3 is 40.0 Å². The van der Waals surface area contributed by atoms with Crippen LogP contribution < -0.4 is 10.6 Å². The van der Waals surface area contributed by atoms with E-state index >= 15 is 0 Å². The lowest BCUT2D eigenvalue weighted by molar-refractivity contribution is -0.149. The molecule has 0 aromatic carbocycles. The van der Waals surface area contributed by atoms with Gasteiger partial charge >= 0.3 is 0 Å². The van der Waals surface area contributed by atoms with Gasteiger partial charge in [0.1, 0.15) is 30.2 Å². The van der Waals surface area contributed by atoms with Crippen LogP contribution in [0.1, 0.15) is 120 Å². The minimum atomic E-state index is -1.10. The van der Waals surface area contributed by atoms with Gasteiger partial charge in [-0.15, -0.1) is 0 Å². The zero-order valence-electron chi connectivity index (χ0n) is 41.3.